The first-order valence-electron chi connectivity index (χ1n) is 12.8. The van der Waals surface area contributed by atoms with E-state index in [1.54, 1.807) is 4.90 Å². The molecule has 3 fully saturated rings. The Kier molecular flexibility index (Phi) is 8.06. The number of urea groups is 1. The summed E-state index contributed by atoms with van der Waals surface area (Å²) in [5.41, 5.74) is -0.663. The third kappa shape index (κ3) is 5.87. The lowest BCUT2D eigenvalue weighted by Gasteiger charge is -2.40. The first-order chi connectivity index (χ1) is 15.6. The van der Waals surface area contributed by atoms with Crippen molar-refractivity contribution in [3.05, 3.63) is 0 Å². The van der Waals surface area contributed by atoms with Gasteiger partial charge in [0.25, 0.3) is 5.91 Å². The topological polar surface area (TPSA) is 98.8 Å². The van der Waals surface area contributed by atoms with Gasteiger partial charge in [0, 0.05) is 25.6 Å². The number of amides is 5. The highest BCUT2D eigenvalue weighted by Crippen LogP contribution is 2.43. The molecule has 186 valence electrons. The van der Waals surface area contributed by atoms with Crippen LogP contribution in [0.25, 0.3) is 0 Å². The highest BCUT2D eigenvalue weighted by atomic mass is 16.2. The van der Waals surface area contributed by atoms with Gasteiger partial charge in [-0.2, -0.15) is 0 Å². The van der Waals surface area contributed by atoms with Crippen LogP contribution in [0.3, 0.4) is 0 Å². The standard InChI is InChI=1S/C25H42N4O4/c1-5-6-7-14-26-21(31)18-10-15-28(16-11-18)20(30)17-29-22(32)25(27-23(29)33)12-8-19(9-13-25)24(2,3)4/h18-19H,5-17H2,1-4H3,(H,26,31)(H,27,33). The van der Waals surface area contributed by atoms with Crippen LogP contribution in [0.4, 0.5) is 4.79 Å². The summed E-state index contributed by atoms with van der Waals surface area (Å²) in [7, 11) is 0. The third-order valence-corrected chi connectivity index (χ3v) is 7.90. The Bertz CT molecular complexity index is 744. The maximum Gasteiger partial charge on any atom is 0.325 e. The van der Waals surface area contributed by atoms with E-state index in [4.69, 9.17) is 0 Å². The zero-order chi connectivity index (χ0) is 24.2. The number of carbonyl (C=O) groups is 4. The summed E-state index contributed by atoms with van der Waals surface area (Å²) < 4.78 is 0. The lowest BCUT2D eigenvalue weighted by Crippen LogP contribution is -2.51. The van der Waals surface area contributed by atoms with Crippen LogP contribution in [0, 0.1) is 17.3 Å². The molecule has 0 radical (unpaired) electrons. The molecule has 8 heteroatoms. The highest BCUT2D eigenvalue weighted by molar-refractivity contribution is 6.09. The van der Waals surface area contributed by atoms with Crippen LogP contribution in [-0.4, -0.2) is 65.3 Å². The molecule has 0 unspecified atom stereocenters. The molecule has 0 atom stereocenters. The maximum absolute atomic E-state index is 13.2. The van der Waals surface area contributed by atoms with E-state index in [0.29, 0.717) is 51.2 Å². The molecular weight excluding hydrogens is 420 g/mol. The number of carbonyl (C=O) groups excluding carboxylic acids is 4. The molecule has 5 amide bonds. The molecule has 3 rings (SSSR count). The summed E-state index contributed by atoms with van der Waals surface area (Å²) in [4.78, 5) is 53.8. The van der Waals surface area contributed by atoms with Gasteiger partial charge in [0.15, 0.2) is 0 Å². The summed E-state index contributed by atoms with van der Waals surface area (Å²) in [5.74, 6) is 0.0395. The second-order valence-electron chi connectivity index (χ2n) is 11.2. The van der Waals surface area contributed by atoms with E-state index < -0.39 is 11.6 Å². The van der Waals surface area contributed by atoms with Crippen molar-refractivity contribution in [2.75, 3.05) is 26.2 Å². The summed E-state index contributed by atoms with van der Waals surface area (Å²) >= 11 is 0. The molecule has 2 saturated heterocycles. The number of imide groups is 1. The van der Waals surface area contributed by atoms with Gasteiger partial charge in [0.1, 0.15) is 12.1 Å². The lowest BCUT2D eigenvalue weighted by atomic mass is 9.67. The fourth-order valence-electron chi connectivity index (χ4n) is 5.49. The number of nitrogens with one attached hydrogen (secondary N) is 2. The number of hydrogen-bond acceptors (Lipinski definition) is 4. The average Bonchev–Trinajstić information content (AvgIpc) is 3.00. The van der Waals surface area contributed by atoms with Gasteiger partial charge < -0.3 is 15.5 Å². The molecule has 1 spiro atoms. The normalized spacial score (nSPS) is 26.6. The first kappa shape index (κ1) is 25.5. The molecule has 0 aromatic heterocycles. The third-order valence-electron chi connectivity index (χ3n) is 7.90. The first-order valence-corrected chi connectivity index (χ1v) is 12.8. The van der Waals surface area contributed by atoms with E-state index in [2.05, 4.69) is 38.3 Å². The SMILES string of the molecule is CCCCCNC(=O)C1CCN(C(=O)CN2C(=O)NC3(CCC(C(C)(C)C)CC3)C2=O)CC1. The molecule has 8 nitrogen and oxygen atoms in total. The van der Waals surface area contributed by atoms with Gasteiger partial charge in [-0.15, -0.1) is 0 Å². The maximum atomic E-state index is 13.2. The van der Waals surface area contributed by atoms with Crippen LogP contribution in [0.2, 0.25) is 0 Å². The van der Waals surface area contributed by atoms with E-state index >= 15 is 0 Å². The predicted octanol–water partition coefficient (Wildman–Crippen LogP) is 3.06. The van der Waals surface area contributed by atoms with Gasteiger partial charge in [-0.05, 0) is 56.3 Å². The van der Waals surface area contributed by atoms with Crippen molar-refractivity contribution in [3.8, 4) is 0 Å². The van der Waals surface area contributed by atoms with E-state index in [-0.39, 0.29) is 35.6 Å². The molecule has 33 heavy (non-hydrogen) atoms. The molecule has 3 aliphatic rings. The monoisotopic (exact) mass is 462 g/mol. The van der Waals surface area contributed by atoms with Crippen molar-refractivity contribution >= 4 is 23.8 Å². The average molecular weight is 463 g/mol. The summed E-state index contributed by atoms with van der Waals surface area (Å²) in [5, 5.41) is 5.91. The number of hydrogen-bond donors (Lipinski definition) is 2. The van der Waals surface area contributed by atoms with E-state index in [9.17, 15) is 19.2 Å². The Balaban J connectivity index is 1.48. The smallest absolute Gasteiger partial charge is 0.325 e. The molecule has 2 N–H and O–H groups in total. The van der Waals surface area contributed by atoms with Crippen LogP contribution >= 0.6 is 0 Å². The number of piperidine rings is 1. The van der Waals surface area contributed by atoms with Crippen molar-refractivity contribution in [2.45, 2.75) is 91.0 Å². The Hall–Kier alpha value is -2.12. The second kappa shape index (κ2) is 10.4. The minimum atomic E-state index is -0.845. The Morgan fingerprint density at radius 1 is 1.06 bits per heavy atom. The largest absolute Gasteiger partial charge is 0.356 e. The van der Waals surface area contributed by atoms with E-state index in [1.807, 2.05) is 0 Å². The molecule has 0 aromatic rings. The molecule has 0 aromatic carbocycles. The Morgan fingerprint density at radius 3 is 2.27 bits per heavy atom. The van der Waals surface area contributed by atoms with Crippen LogP contribution in [0.1, 0.15) is 85.5 Å². The van der Waals surface area contributed by atoms with Gasteiger partial charge in [-0.25, -0.2) is 4.79 Å². The van der Waals surface area contributed by atoms with Crippen LogP contribution in [-0.2, 0) is 14.4 Å². The number of rotatable bonds is 7. The number of nitrogens with zero attached hydrogens (tertiary/aromatic N) is 2. The van der Waals surface area contributed by atoms with Crippen LogP contribution in [0.15, 0.2) is 0 Å². The van der Waals surface area contributed by atoms with E-state index in [0.717, 1.165) is 37.0 Å². The summed E-state index contributed by atoms with van der Waals surface area (Å²) in [6, 6.07) is -0.455. The predicted molar refractivity (Wildman–Crippen MR) is 126 cm³/mol. The molecule has 1 saturated carbocycles. The Labute approximate surface area is 198 Å². The van der Waals surface area contributed by atoms with Crippen LogP contribution < -0.4 is 10.6 Å². The second-order valence-corrected chi connectivity index (χ2v) is 11.2. The van der Waals surface area contributed by atoms with Crippen molar-refractivity contribution < 1.29 is 19.2 Å². The number of likely N-dealkylation sites (tertiary alicyclic amines) is 1. The zero-order valence-corrected chi connectivity index (χ0v) is 20.9. The highest BCUT2D eigenvalue weighted by Gasteiger charge is 2.53. The van der Waals surface area contributed by atoms with E-state index in [1.165, 1.54) is 0 Å². The van der Waals surface area contributed by atoms with Gasteiger partial charge in [-0.3, -0.25) is 19.3 Å². The van der Waals surface area contributed by atoms with Gasteiger partial charge >= 0.3 is 6.03 Å². The summed E-state index contributed by atoms with van der Waals surface area (Å²) in [6.07, 6.45) is 7.49. The van der Waals surface area contributed by atoms with Crippen molar-refractivity contribution in [2.24, 2.45) is 17.3 Å². The minimum absolute atomic E-state index is 0.0695. The van der Waals surface area contributed by atoms with Gasteiger partial charge in [0.05, 0.1) is 0 Å². The van der Waals surface area contributed by atoms with Crippen molar-refractivity contribution in [3.63, 3.8) is 0 Å². The van der Waals surface area contributed by atoms with Crippen molar-refractivity contribution in [1.29, 1.82) is 0 Å². The Morgan fingerprint density at radius 2 is 1.70 bits per heavy atom. The molecule has 0 bridgehead atoms. The quantitative estimate of drug-likeness (QED) is 0.449. The fraction of sp³-hybridized carbons (Fsp3) is 0.840. The van der Waals surface area contributed by atoms with Gasteiger partial charge in [0.2, 0.25) is 11.8 Å². The molecular formula is C25H42N4O4. The zero-order valence-electron chi connectivity index (χ0n) is 20.9. The fourth-order valence-corrected chi connectivity index (χ4v) is 5.49. The van der Waals surface area contributed by atoms with Crippen LogP contribution in [0.5, 0.6) is 0 Å². The van der Waals surface area contributed by atoms with Gasteiger partial charge in [-0.1, -0.05) is 40.5 Å². The molecule has 1 aliphatic carbocycles. The molecule has 2 heterocycles. The minimum Gasteiger partial charge on any atom is -0.356 e. The van der Waals surface area contributed by atoms with Crippen molar-refractivity contribution in [1.82, 2.24) is 20.4 Å². The lowest BCUT2D eigenvalue weighted by molar-refractivity contribution is -0.141. The summed E-state index contributed by atoms with van der Waals surface area (Å²) in [6.45, 7) is 10.2. The number of unbranched alkanes of at least 4 members (excludes halogenated alkanes) is 2. The molecule has 2 aliphatic heterocycles.